The molecule has 6 heteroatoms. The molecule has 0 saturated carbocycles. The van der Waals surface area contributed by atoms with Crippen molar-refractivity contribution in [1.82, 2.24) is 15.2 Å². The summed E-state index contributed by atoms with van der Waals surface area (Å²) in [6.45, 7) is 2.56. The highest BCUT2D eigenvalue weighted by molar-refractivity contribution is 5.95. The topological polar surface area (TPSA) is 63.7 Å². The van der Waals surface area contributed by atoms with Gasteiger partial charge in [-0.25, -0.2) is 0 Å². The third-order valence-electron chi connectivity index (χ3n) is 4.00. The van der Waals surface area contributed by atoms with Crippen LogP contribution in [0.5, 0.6) is 11.5 Å². The lowest BCUT2D eigenvalue weighted by Crippen LogP contribution is -2.55. The number of pyridine rings is 1. The van der Waals surface area contributed by atoms with Crippen molar-refractivity contribution in [3.8, 4) is 11.5 Å². The standard InChI is InChI=1S/C18H21N3O3/c1-23-16-5-2-4-14(10-16)18(22)21-9-8-20-11-15(21)13-24-17-6-3-7-19-12-17/h2-7,10,12,15,20H,8-9,11,13H2,1H3. The van der Waals surface area contributed by atoms with Gasteiger partial charge in [0.1, 0.15) is 18.1 Å². The molecule has 2 aromatic rings. The average Bonchev–Trinajstić information content (AvgIpc) is 2.67. The molecule has 0 aliphatic carbocycles. The number of ether oxygens (including phenoxy) is 2. The number of carbonyl (C=O) groups is 1. The maximum absolute atomic E-state index is 12.9. The minimum Gasteiger partial charge on any atom is -0.497 e. The second-order valence-corrected chi connectivity index (χ2v) is 5.59. The van der Waals surface area contributed by atoms with Gasteiger partial charge in [-0.15, -0.1) is 0 Å². The Labute approximate surface area is 141 Å². The summed E-state index contributed by atoms with van der Waals surface area (Å²) >= 11 is 0. The number of rotatable bonds is 5. The lowest BCUT2D eigenvalue weighted by molar-refractivity contribution is 0.0559. The normalized spacial score (nSPS) is 17.4. The Balaban J connectivity index is 1.70. The molecule has 1 aliphatic rings. The van der Waals surface area contributed by atoms with Gasteiger partial charge in [0.15, 0.2) is 0 Å². The van der Waals surface area contributed by atoms with Crippen LogP contribution in [-0.4, -0.2) is 55.2 Å². The highest BCUT2D eigenvalue weighted by Crippen LogP contribution is 2.17. The molecule has 2 heterocycles. The number of hydrogen-bond donors (Lipinski definition) is 1. The van der Waals surface area contributed by atoms with Crippen molar-refractivity contribution in [3.05, 3.63) is 54.4 Å². The molecule has 1 aliphatic heterocycles. The number of hydrogen-bond acceptors (Lipinski definition) is 5. The smallest absolute Gasteiger partial charge is 0.254 e. The van der Waals surface area contributed by atoms with E-state index in [2.05, 4.69) is 10.3 Å². The van der Waals surface area contributed by atoms with Crippen LogP contribution in [0.3, 0.4) is 0 Å². The number of nitrogens with one attached hydrogen (secondary N) is 1. The number of benzene rings is 1. The van der Waals surface area contributed by atoms with Crippen LogP contribution < -0.4 is 14.8 Å². The van der Waals surface area contributed by atoms with Crippen molar-refractivity contribution in [2.45, 2.75) is 6.04 Å². The third-order valence-corrected chi connectivity index (χ3v) is 4.00. The second-order valence-electron chi connectivity index (χ2n) is 5.59. The summed E-state index contributed by atoms with van der Waals surface area (Å²) in [4.78, 5) is 18.8. The maximum Gasteiger partial charge on any atom is 0.254 e. The summed E-state index contributed by atoms with van der Waals surface area (Å²) in [7, 11) is 1.60. The first-order valence-electron chi connectivity index (χ1n) is 7.96. The minimum absolute atomic E-state index is 0.00446. The molecule has 0 spiro atoms. The first-order valence-corrected chi connectivity index (χ1v) is 7.96. The molecule has 1 aromatic heterocycles. The molecule has 0 bridgehead atoms. The van der Waals surface area contributed by atoms with Crippen LogP contribution in [-0.2, 0) is 0 Å². The summed E-state index contributed by atoms with van der Waals surface area (Å²) in [6, 6.07) is 10.9. The Morgan fingerprint density at radius 3 is 3.00 bits per heavy atom. The minimum atomic E-state index is -0.0299. The van der Waals surface area contributed by atoms with Crippen molar-refractivity contribution in [1.29, 1.82) is 0 Å². The Hall–Kier alpha value is -2.60. The van der Waals surface area contributed by atoms with Crippen LogP contribution in [0.1, 0.15) is 10.4 Å². The van der Waals surface area contributed by atoms with Crippen LogP contribution in [0, 0.1) is 0 Å². The number of amides is 1. The Kier molecular flexibility index (Phi) is 5.28. The van der Waals surface area contributed by atoms with Gasteiger partial charge in [-0.1, -0.05) is 6.07 Å². The summed E-state index contributed by atoms with van der Waals surface area (Å²) in [5, 5.41) is 3.32. The molecule has 6 nitrogen and oxygen atoms in total. The predicted octanol–water partition coefficient (Wildman–Crippen LogP) is 1.58. The predicted molar refractivity (Wildman–Crippen MR) is 90.4 cm³/mol. The zero-order valence-electron chi connectivity index (χ0n) is 13.6. The molecule has 1 unspecified atom stereocenters. The third kappa shape index (κ3) is 3.83. The number of nitrogens with zero attached hydrogens (tertiary/aromatic N) is 2. The second kappa shape index (κ2) is 7.79. The van der Waals surface area contributed by atoms with E-state index in [0.717, 1.165) is 6.54 Å². The number of piperazine rings is 1. The van der Waals surface area contributed by atoms with Crippen molar-refractivity contribution in [2.24, 2.45) is 0 Å². The van der Waals surface area contributed by atoms with Gasteiger partial charge in [-0.2, -0.15) is 0 Å². The first kappa shape index (κ1) is 16.3. The molecule has 0 radical (unpaired) electrons. The van der Waals surface area contributed by atoms with E-state index in [1.165, 1.54) is 0 Å². The van der Waals surface area contributed by atoms with Crippen LogP contribution in [0.4, 0.5) is 0 Å². The van der Waals surface area contributed by atoms with Gasteiger partial charge in [0, 0.05) is 31.4 Å². The van der Waals surface area contributed by atoms with E-state index in [1.54, 1.807) is 25.6 Å². The molecule has 3 rings (SSSR count). The van der Waals surface area contributed by atoms with Crippen LogP contribution >= 0.6 is 0 Å². The molecule has 1 saturated heterocycles. The fourth-order valence-electron chi connectivity index (χ4n) is 2.72. The Bertz CT molecular complexity index is 678. The van der Waals surface area contributed by atoms with Crippen LogP contribution in [0.2, 0.25) is 0 Å². The summed E-state index contributed by atoms with van der Waals surface area (Å²) in [5.74, 6) is 1.38. The molecule has 126 valence electrons. The molecule has 1 aromatic carbocycles. The maximum atomic E-state index is 12.9. The molecular weight excluding hydrogens is 306 g/mol. The fraction of sp³-hybridized carbons (Fsp3) is 0.333. The molecule has 1 amide bonds. The lowest BCUT2D eigenvalue weighted by Gasteiger charge is -2.36. The zero-order chi connectivity index (χ0) is 16.8. The van der Waals surface area contributed by atoms with Crippen molar-refractivity contribution < 1.29 is 14.3 Å². The molecule has 1 fully saturated rings. The highest BCUT2D eigenvalue weighted by atomic mass is 16.5. The van der Waals surface area contributed by atoms with E-state index in [0.29, 0.717) is 36.8 Å². The summed E-state index contributed by atoms with van der Waals surface area (Å²) in [5.41, 5.74) is 0.627. The van der Waals surface area contributed by atoms with Gasteiger partial charge < -0.3 is 19.7 Å². The van der Waals surface area contributed by atoms with E-state index < -0.39 is 0 Å². The Morgan fingerprint density at radius 2 is 2.21 bits per heavy atom. The van der Waals surface area contributed by atoms with Gasteiger partial charge in [0.2, 0.25) is 0 Å². The number of carbonyl (C=O) groups excluding carboxylic acids is 1. The molecular formula is C18H21N3O3. The van der Waals surface area contributed by atoms with Gasteiger partial charge in [-0.05, 0) is 30.3 Å². The van der Waals surface area contributed by atoms with Crippen LogP contribution in [0.15, 0.2) is 48.8 Å². The quantitative estimate of drug-likeness (QED) is 0.903. The van der Waals surface area contributed by atoms with Crippen molar-refractivity contribution >= 4 is 5.91 Å². The van der Waals surface area contributed by atoms with Crippen LogP contribution in [0.25, 0.3) is 0 Å². The Morgan fingerprint density at radius 1 is 1.33 bits per heavy atom. The van der Waals surface area contributed by atoms with Gasteiger partial charge in [0.25, 0.3) is 5.91 Å². The van der Waals surface area contributed by atoms with Crippen molar-refractivity contribution in [3.63, 3.8) is 0 Å². The monoisotopic (exact) mass is 327 g/mol. The number of methoxy groups -OCH3 is 1. The van der Waals surface area contributed by atoms with Gasteiger partial charge in [-0.3, -0.25) is 9.78 Å². The molecule has 1 N–H and O–H groups in total. The van der Waals surface area contributed by atoms with E-state index in [-0.39, 0.29) is 11.9 Å². The zero-order valence-corrected chi connectivity index (χ0v) is 13.6. The van der Waals surface area contributed by atoms with E-state index >= 15 is 0 Å². The summed E-state index contributed by atoms with van der Waals surface area (Å²) in [6.07, 6.45) is 3.37. The van der Waals surface area contributed by atoms with Crippen molar-refractivity contribution in [2.75, 3.05) is 33.4 Å². The highest BCUT2D eigenvalue weighted by Gasteiger charge is 2.28. The van der Waals surface area contributed by atoms with Gasteiger partial charge in [0.05, 0.1) is 19.3 Å². The largest absolute Gasteiger partial charge is 0.497 e. The lowest BCUT2D eigenvalue weighted by atomic mass is 10.1. The van der Waals surface area contributed by atoms with E-state index in [1.807, 2.05) is 35.2 Å². The summed E-state index contributed by atoms with van der Waals surface area (Å²) < 4.78 is 11.0. The van der Waals surface area contributed by atoms with E-state index in [4.69, 9.17) is 9.47 Å². The average molecular weight is 327 g/mol. The number of aromatic nitrogens is 1. The first-order chi connectivity index (χ1) is 11.8. The molecule has 1 atom stereocenters. The fourth-order valence-corrected chi connectivity index (χ4v) is 2.72. The SMILES string of the molecule is COc1cccc(C(=O)N2CCNCC2COc2cccnc2)c1. The molecule has 24 heavy (non-hydrogen) atoms. The van der Waals surface area contributed by atoms with E-state index in [9.17, 15) is 4.79 Å². The van der Waals surface area contributed by atoms with Gasteiger partial charge >= 0.3 is 0 Å².